The molecule has 9 nitrogen and oxygen atoms in total. The van der Waals surface area contributed by atoms with Crippen molar-refractivity contribution in [2.24, 2.45) is 5.73 Å². The molecule has 4 N–H and O–H groups in total. The molecule has 0 aliphatic rings. The predicted octanol–water partition coefficient (Wildman–Crippen LogP) is 1.53. The molecule has 0 unspecified atom stereocenters. The number of nitrogens with zero attached hydrogens (tertiary/aromatic N) is 4. The van der Waals surface area contributed by atoms with E-state index in [1.807, 2.05) is 0 Å². The van der Waals surface area contributed by atoms with Gasteiger partial charge >= 0.3 is 0 Å². The van der Waals surface area contributed by atoms with Crippen LogP contribution in [0.5, 0.6) is 0 Å². The Morgan fingerprint density at radius 2 is 2.16 bits per heavy atom. The molecule has 0 spiro atoms. The minimum absolute atomic E-state index is 0.298. The molecule has 0 aliphatic carbocycles. The van der Waals surface area contributed by atoms with Crippen LogP contribution in [0.2, 0.25) is 0 Å². The van der Waals surface area contributed by atoms with Crippen molar-refractivity contribution in [1.82, 2.24) is 24.6 Å². The number of aromatic amines is 1. The van der Waals surface area contributed by atoms with Gasteiger partial charge in [-0.2, -0.15) is 5.10 Å². The molecule has 25 heavy (non-hydrogen) atoms. The summed E-state index contributed by atoms with van der Waals surface area (Å²) >= 11 is 1.27. The molecule has 0 saturated carbocycles. The highest BCUT2D eigenvalue weighted by molar-refractivity contribution is 7.14. The molecular weight excluding hydrogens is 342 g/mol. The third-order valence-electron chi connectivity index (χ3n) is 3.49. The third-order valence-corrected chi connectivity index (χ3v) is 4.25. The molecule has 10 heteroatoms. The molecule has 4 heterocycles. The standard InChI is InChI=1S/C15H11N7O2S/c16-13(23)9-5-8(6-18-9)10-7-25-15(20-10)21-14(24)11-1-3-17-12-2-4-19-22(11)12/h1-7,18H,(H2,16,23)(H,20,21,24). The number of fused-ring (bicyclic) bond motifs is 1. The first-order valence-electron chi connectivity index (χ1n) is 7.16. The summed E-state index contributed by atoms with van der Waals surface area (Å²) in [5.41, 5.74) is 7.79. The second-order valence-electron chi connectivity index (χ2n) is 5.09. The number of H-pyrrole nitrogens is 1. The molecule has 0 fully saturated rings. The number of thiazole rings is 1. The molecule has 4 aromatic rings. The minimum Gasteiger partial charge on any atom is -0.364 e. The van der Waals surface area contributed by atoms with Crippen molar-refractivity contribution >= 4 is 33.9 Å². The number of carbonyl (C=O) groups is 2. The molecule has 0 saturated heterocycles. The maximum Gasteiger partial charge on any atom is 0.276 e. The smallest absolute Gasteiger partial charge is 0.276 e. The lowest BCUT2D eigenvalue weighted by molar-refractivity contribution is 0.0993. The van der Waals surface area contributed by atoms with Crippen LogP contribution in [-0.2, 0) is 0 Å². The highest BCUT2D eigenvalue weighted by Crippen LogP contribution is 2.25. The summed E-state index contributed by atoms with van der Waals surface area (Å²) in [5, 5.41) is 9.03. The monoisotopic (exact) mass is 353 g/mol. The van der Waals surface area contributed by atoms with E-state index in [2.05, 4.69) is 25.4 Å². The number of amides is 2. The van der Waals surface area contributed by atoms with Crippen LogP contribution >= 0.6 is 11.3 Å². The molecule has 124 valence electrons. The first-order valence-corrected chi connectivity index (χ1v) is 8.04. The second kappa shape index (κ2) is 5.83. The van der Waals surface area contributed by atoms with Crippen LogP contribution in [0.1, 0.15) is 21.0 Å². The number of anilines is 1. The summed E-state index contributed by atoms with van der Waals surface area (Å²) in [6.45, 7) is 0. The van der Waals surface area contributed by atoms with Gasteiger partial charge in [-0.05, 0) is 12.1 Å². The van der Waals surface area contributed by atoms with Gasteiger partial charge in [0.15, 0.2) is 10.8 Å². The third kappa shape index (κ3) is 2.74. The quantitative estimate of drug-likeness (QED) is 0.512. The summed E-state index contributed by atoms with van der Waals surface area (Å²) in [6.07, 6.45) is 4.75. The van der Waals surface area contributed by atoms with Gasteiger partial charge < -0.3 is 10.7 Å². The first-order chi connectivity index (χ1) is 12.1. The molecule has 2 amide bonds. The number of nitrogens with one attached hydrogen (secondary N) is 2. The number of rotatable bonds is 4. The van der Waals surface area contributed by atoms with E-state index in [1.54, 1.807) is 42.2 Å². The average Bonchev–Trinajstić information content (AvgIpc) is 3.33. The largest absolute Gasteiger partial charge is 0.364 e. The molecule has 0 aromatic carbocycles. The van der Waals surface area contributed by atoms with Gasteiger partial charge in [0.05, 0.1) is 11.9 Å². The van der Waals surface area contributed by atoms with Gasteiger partial charge in [-0.25, -0.2) is 14.5 Å². The predicted molar refractivity (Wildman–Crippen MR) is 91.4 cm³/mol. The Morgan fingerprint density at radius 3 is 2.96 bits per heavy atom. The second-order valence-corrected chi connectivity index (χ2v) is 5.95. The first kappa shape index (κ1) is 15.0. The van der Waals surface area contributed by atoms with Crippen LogP contribution in [0.4, 0.5) is 5.13 Å². The van der Waals surface area contributed by atoms with Gasteiger partial charge in [-0.3, -0.25) is 14.9 Å². The van der Waals surface area contributed by atoms with Crippen molar-refractivity contribution in [3.05, 3.63) is 53.6 Å². The van der Waals surface area contributed by atoms with Crippen LogP contribution in [0.25, 0.3) is 16.9 Å². The number of nitrogens with two attached hydrogens (primary N) is 1. The number of aromatic nitrogens is 5. The van der Waals surface area contributed by atoms with E-state index < -0.39 is 5.91 Å². The van der Waals surface area contributed by atoms with Crippen molar-refractivity contribution < 1.29 is 9.59 Å². The Labute approximate surface area is 144 Å². The summed E-state index contributed by atoms with van der Waals surface area (Å²) in [6, 6.07) is 4.90. The fourth-order valence-corrected chi connectivity index (χ4v) is 3.03. The maximum atomic E-state index is 12.5. The minimum atomic E-state index is -0.545. The van der Waals surface area contributed by atoms with E-state index >= 15 is 0 Å². The SMILES string of the molecule is NC(=O)c1cc(-c2csc(NC(=O)c3ccnc4ccnn34)n2)c[nH]1. The van der Waals surface area contributed by atoms with Crippen LogP contribution in [0, 0.1) is 0 Å². The van der Waals surface area contributed by atoms with Crippen molar-refractivity contribution in [2.45, 2.75) is 0 Å². The molecule has 0 radical (unpaired) electrons. The number of hydrogen-bond donors (Lipinski definition) is 3. The number of hydrogen-bond acceptors (Lipinski definition) is 6. The summed E-state index contributed by atoms with van der Waals surface area (Å²) in [7, 11) is 0. The Hall–Kier alpha value is -3.53. The zero-order valence-corrected chi connectivity index (χ0v) is 13.4. The van der Waals surface area contributed by atoms with Crippen molar-refractivity contribution in [1.29, 1.82) is 0 Å². The topological polar surface area (TPSA) is 131 Å². The maximum absolute atomic E-state index is 12.5. The normalized spacial score (nSPS) is 10.9. The van der Waals surface area contributed by atoms with Gasteiger partial charge in [0.2, 0.25) is 0 Å². The Morgan fingerprint density at radius 1 is 1.28 bits per heavy atom. The fraction of sp³-hybridized carbons (Fsp3) is 0. The van der Waals surface area contributed by atoms with Gasteiger partial charge in [0.25, 0.3) is 11.8 Å². The van der Waals surface area contributed by atoms with E-state index in [4.69, 9.17) is 5.73 Å². The van der Waals surface area contributed by atoms with E-state index in [-0.39, 0.29) is 5.91 Å². The molecular formula is C15H11N7O2S. The molecule has 4 aromatic heterocycles. The van der Waals surface area contributed by atoms with E-state index in [1.165, 1.54) is 15.9 Å². The highest BCUT2D eigenvalue weighted by Gasteiger charge is 2.14. The van der Waals surface area contributed by atoms with Crippen molar-refractivity contribution in [2.75, 3.05) is 5.32 Å². The summed E-state index contributed by atoms with van der Waals surface area (Å²) in [5.74, 6) is -0.889. The van der Waals surface area contributed by atoms with E-state index in [0.717, 1.165) is 0 Å². The van der Waals surface area contributed by atoms with Crippen LogP contribution < -0.4 is 11.1 Å². The Kier molecular flexibility index (Phi) is 3.51. The molecule has 0 aliphatic heterocycles. The zero-order chi connectivity index (χ0) is 17.4. The lowest BCUT2D eigenvalue weighted by Crippen LogP contribution is -2.16. The van der Waals surface area contributed by atoms with Gasteiger partial charge in [-0.1, -0.05) is 0 Å². The van der Waals surface area contributed by atoms with Crippen LogP contribution in [0.3, 0.4) is 0 Å². The van der Waals surface area contributed by atoms with E-state index in [9.17, 15) is 9.59 Å². The molecule has 4 rings (SSSR count). The zero-order valence-electron chi connectivity index (χ0n) is 12.6. The average molecular weight is 353 g/mol. The Balaban J connectivity index is 1.57. The number of carbonyl (C=O) groups excluding carboxylic acids is 2. The van der Waals surface area contributed by atoms with Gasteiger partial charge in [0, 0.05) is 29.4 Å². The summed E-state index contributed by atoms with van der Waals surface area (Å²) < 4.78 is 1.45. The number of primary amides is 1. The van der Waals surface area contributed by atoms with Crippen molar-refractivity contribution in [3.63, 3.8) is 0 Å². The summed E-state index contributed by atoms with van der Waals surface area (Å²) in [4.78, 5) is 34.9. The van der Waals surface area contributed by atoms with Gasteiger partial charge in [-0.15, -0.1) is 11.3 Å². The molecule has 0 bridgehead atoms. The molecule has 0 atom stereocenters. The highest BCUT2D eigenvalue weighted by atomic mass is 32.1. The fourth-order valence-electron chi connectivity index (χ4n) is 2.32. The van der Waals surface area contributed by atoms with Gasteiger partial charge in [0.1, 0.15) is 11.4 Å². The van der Waals surface area contributed by atoms with Crippen molar-refractivity contribution in [3.8, 4) is 11.3 Å². The lowest BCUT2D eigenvalue weighted by Gasteiger charge is -2.03. The van der Waals surface area contributed by atoms with Crippen LogP contribution in [-0.4, -0.2) is 36.4 Å². The van der Waals surface area contributed by atoms with Crippen LogP contribution in [0.15, 0.2) is 42.2 Å². The van der Waals surface area contributed by atoms with E-state index in [0.29, 0.717) is 33.4 Å². The Bertz CT molecular complexity index is 1090. The lowest BCUT2D eigenvalue weighted by atomic mass is 10.2.